The van der Waals surface area contributed by atoms with Crippen molar-refractivity contribution in [2.75, 3.05) is 45.0 Å². The Hall–Kier alpha value is -4.12. The second kappa shape index (κ2) is 12.1. The Morgan fingerprint density at radius 1 is 1.09 bits per heavy atom. The fourth-order valence-corrected chi connectivity index (χ4v) is 6.80. The lowest BCUT2D eigenvalue weighted by Crippen LogP contribution is -2.37. The van der Waals surface area contributed by atoms with Gasteiger partial charge < -0.3 is 30.1 Å². The molecule has 3 N–H and O–H groups in total. The molecule has 3 aromatic carbocycles. The number of benzene rings is 3. The fraction of sp³-hybridized carbons (Fsp3) is 0.281. The molecule has 3 aliphatic heterocycles. The summed E-state index contributed by atoms with van der Waals surface area (Å²) < 4.78 is 27.2. The Labute approximate surface area is 263 Å². The van der Waals surface area contributed by atoms with Crippen LogP contribution in [0.3, 0.4) is 0 Å². The van der Waals surface area contributed by atoms with Gasteiger partial charge in [0.25, 0.3) is 5.91 Å². The van der Waals surface area contributed by atoms with E-state index in [2.05, 4.69) is 4.99 Å². The average molecular weight is 640 g/mol. The van der Waals surface area contributed by atoms with Crippen LogP contribution in [0.15, 0.2) is 53.7 Å². The minimum absolute atomic E-state index is 0.0922. The molecule has 44 heavy (non-hydrogen) atoms. The van der Waals surface area contributed by atoms with Crippen LogP contribution >= 0.6 is 23.2 Å². The number of amides is 1. The fourth-order valence-electron chi connectivity index (χ4n) is 6.16. The number of hydrogen-bond acceptors (Lipinski definition) is 7. The van der Waals surface area contributed by atoms with Gasteiger partial charge in [-0.15, -0.1) is 0 Å². The van der Waals surface area contributed by atoms with E-state index in [9.17, 15) is 14.7 Å². The van der Waals surface area contributed by atoms with E-state index in [1.165, 1.54) is 11.1 Å². The van der Waals surface area contributed by atoms with Crippen molar-refractivity contribution in [3.63, 3.8) is 0 Å². The summed E-state index contributed by atoms with van der Waals surface area (Å²) in [6, 6.07) is 11.1. The monoisotopic (exact) mass is 638 g/mol. The number of aliphatic imine (C=N–C) groups is 1. The first-order chi connectivity index (χ1) is 21.2. The normalized spacial score (nSPS) is 19.7. The number of rotatable bonds is 6. The molecular formula is C32H29Cl2FN4O5. The molecule has 3 aromatic rings. The summed E-state index contributed by atoms with van der Waals surface area (Å²) >= 11 is 13.1. The van der Waals surface area contributed by atoms with E-state index >= 15 is 4.39 Å². The van der Waals surface area contributed by atoms with E-state index in [1.54, 1.807) is 49.7 Å². The zero-order valence-electron chi connectivity index (χ0n) is 23.7. The molecule has 0 spiro atoms. The van der Waals surface area contributed by atoms with Crippen LogP contribution in [-0.2, 0) is 11.3 Å². The number of carbonyl (C=O) groups excluding carboxylic acids is 1. The van der Waals surface area contributed by atoms with Gasteiger partial charge in [-0.25, -0.2) is 9.18 Å². The van der Waals surface area contributed by atoms with Crippen molar-refractivity contribution in [2.24, 2.45) is 22.6 Å². The van der Waals surface area contributed by atoms with Gasteiger partial charge in [-0.05, 0) is 29.8 Å². The summed E-state index contributed by atoms with van der Waals surface area (Å²) in [4.78, 5) is 33.1. The number of anilines is 1. The molecule has 1 amide bonds. The van der Waals surface area contributed by atoms with Gasteiger partial charge in [-0.2, -0.15) is 0 Å². The number of allylic oxidation sites excluding steroid dienone is 1. The molecule has 0 saturated carbocycles. The lowest BCUT2D eigenvalue weighted by Gasteiger charge is -2.31. The van der Waals surface area contributed by atoms with Crippen LogP contribution in [0.4, 0.5) is 10.1 Å². The van der Waals surface area contributed by atoms with Gasteiger partial charge in [0.05, 0.1) is 46.6 Å². The number of carboxylic acid groups (broad SMARTS) is 1. The summed E-state index contributed by atoms with van der Waals surface area (Å²) in [5.74, 6) is -1.28. The van der Waals surface area contributed by atoms with E-state index < -0.39 is 17.7 Å². The molecule has 0 aromatic heterocycles. The first kappa shape index (κ1) is 29.9. The van der Waals surface area contributed by atoms with Gasteiger partial charge in [-0.3, -0.25) is 9.79 Å². The van der Waals surface area contributed by atoms with Crippen molar-refractivity contribution in [1.82, 2.24) is 4.90 Å². The number of fused-ring (bicyclic) bond motifs is 2. The predicted octanol–water partition coefficient (Wildman–Crippen LogP) is 5.57. The zero-order chi connectivity index (χ0) is 31.1. The smallest absolute Gasteiger partial charge is 0.337 e. The number of halogens is 3. The van der Waals surface area contributed by atoms with Crippen LogP contribution in [0, 0.1) is 17.7 Å². The molecule has 2 fully saturated rings. The Morgan fingerprint density at radius 3 is 2.43 bits per heavy atom. The van der Waals surface area contributed by atoms with Crippen LogP contribution in [0.2, 0.25) is 10.0 Å². The quantitative estimate of drug-likeness (QED) is 0.339. The van der Waals surface area contributed by atoms with Gasteiger partial charge in [0.1, 0.15) is 11.6 Å². The minimum atomic E-state index is -1.20. The number of carbonyl (C=O) groups is 2. The molecule has 2 saturated heterocycles. The number of para-hydroxylation sites is 1. The number of nitrogens with zero attached hydrogens (tertiary/aromatic N) is 3. The Kier molecular flexibility index (Phi) is 8.24. The second-order valence-electron chi connectivity index (χ2n) is 11.0. The first-order valence-electron chi connectivity index (χ1n) is 14.0. The molecule has 228 valence electrons. The minimum Gasteiger partial charge on any atom is -0.478 e. The molecule has 2 atom stereocenters. The summed E-state index contributed by atoms with van der Waals surface area (Å²) in [5, 5.41) is 10.2. The van der Waals surface area contributed by atoms with E-state index in [1.807, 2.05) is 4.90 Å². The predicted molar refractivity (Wildman–Crippen MR) is 167 cm³/mol. The number of aromatic carboxylic acids is 1. The lowest BCUT2D eigenvalue weighted by molar-refractivity contribution is 0.0516. The van der Waals surface area contributed by atoms with Crippen LogP contribution in [-0.4, -0.2) is 68.2 Å². The van der Waals surface area contributed by atoms with Crippen molar-refractivity contribution >= 4 is 52.6 Å². The maximum Gasteiger partial charge on any atom is 0.337 e. The standard InChI is InChI=1S/C32H29Cl2FN4O5/c1-37-10-19(9-36)18-5-25(33)29(26(34)6-18)31(40)39-11-17-3-2-4-22(30(17)44-16-39)23-8-28(24(32(41)42)7-27(23)35)38-12-20-14-43-15-21(20)13-38/h2-10,20-21H,11-16,36H2,1H3,(H,41,42). The molecule has 2 unspecified atom stereocenters. The molecule has 6 rings (SSSR count). The lowest BCUT2D eigenvalue weighted by atomic mass is 9.97. The van der Waals surface area contributed by atoms with Gasteiger partial charge >= 0.3 is 5.97 Å². The molecule has 9 nitrogen and oxygen atoms in total. The Bertz CT molecular complexity index is 1690. The largest absolute Gasteiger partial charge is 0.478 e. The molecule has 0 bridgehead atoms. The van der Waals surface area contributed by atoms with Crippen LogP contribution < -0.4 is 15.4 Å². The van der Waals surface area contributed by atoms with Crippen LogP contribution in [0.1, 0.15) is 31.8 Å². The topological polar surface area (TPSA) is 118 Å². The number of hydrogen-bond donors (Lipinski definition) is 2. The SMILES string of the molecule is CN=CC(=CN)c1cc(Cl)c(C(=O)N2COc3c(cccc3-c3cc(N4CC5COCC5C4)c(C(=O)O)cc3F)C2)c(Cl)c1. The Morgan fingerprint density at radius 2 is 1.80 bits per heavy atom. The number of ether oxygens (including phenoxy) is 2. The van der Waals surface area contributed by atoms with E-state index in [-0.39, 0.29) is 40.0 Å². The van der Waals surface area contributed by atoms with E-state index in [0.29, 0.717) is 71.8 Å². The van der Waals surface area contributed by atoms with Crippen molar-refractivity contribution in [2.45, 2.75) is 6.54 Å². The highest BCUT2D eigenvalue weighted by atomic mass is 35.5. The maximum atomic E-state index is 15.6. The molecule has 3 aliphatic rings. The van der Waals surface area contributed by atoms with Gasteiger partial charge in [0, 0.05) is 66.7 Å². The highest BCUT2D eigenvalue weighted by molar-refractivity contribution is 6.40. The third-order valence-corrected chi connectivity index (χ3v) is 8.93. The van der Waals surface area contributed by atoms with Crippen molar-refractivity contribution in [1.29, 1.82) is 0 Å². The van der Waals surface area contributed by atoms with Gasteiger partial charge in [0.15, 0.2) is 6.73 Å². The first-order valence-corrected chi connectivity index (χ1v) is 14.7. The summed E-state index contributed by atoms with van der Waals surface area (Å²) in [6.07, 6.45) is 2.93. The number of carboxylic acids is 1. The Balaban J connectivity index is 1.30. The van der Waals surface area contributed by atoms with Crippen molar-refractivity contribution in [3.05, 3.63) is 86.8 Å². The summed E-state index contributed by atoms with van der Waals surface area (Å²) in [6.45, 7) is 2.56. The van der Waals surface area contributed by atoms with E-state index in [4.69, 9.17) is 38.4 Å². The molecule has 0 aliphatic carbocycles. The summed E-state index contributed by atoms with van der Waals surface area (Å²) in [7, 11) is 1.61. The average Bonchev–Trinajstić information content (AvgIpc) is 3.61. The van der Waals surface area contributed by atoms with E-state index in [0.717, 1.165) is 6.07 Å². The molecule has 12 heteroatoms. The van der Waals surface area contributed by atoms with Crippen LogP contribution in [0.5, 0.6) is 5.75 Å². The van der Waals surface area contributed by atoms with Crippen LogP contribution in [0.25, 0.3) is 16.7 Å². The molecule has 0 radical (unpaired) electrons. The molecular weight excluding hydrogens is 610 g/mol. The van der Waals surface area contributed by atoms with Gasteiger partial charge in [-0.1, -0.05) is 41.4 Å². The second-order valence-corrected chi connectivity index (χ2v) is 11.8. The number of nitrogens with two attached hydrogens (primary N) is 1. The van der Waals surface area contributed by atoms with Gasteiger partial charge in [0.2, 0.25) is 0 Å². The highest BCUT2D eigenvalue weighted by Gasteiger charge is 2.39. The highest BCUT2D eigenvalue weighted by Crippen LogP contribution is 2.42. The maximum absolute atomic E-state index is 15.6. The molecule has 3 heterocycles. The van der Waals surface area contributed by atoms with Crippen molar-refractivity contribution < 1.29 is 28.6 Å². The third-order valence-electron chi connectivity index (χ3n) is 8.33. The zero-order valence-corrected chi connectivity index (χ0v) is 25.2. The third kappa shape index (κ3) is 5.38. The summed E-state index contributed by atoms with van der Waals surface area (Å²) in [5.41, 5.74) is 8.72. The van der Waals surface area contributed by atoms with Crippen molar-refractivity contribution in [3.8, 4) is 16.9 Å².